The normalized spacial score (nSPS) is 14.7. The molecule has 3 aromatic rings. The summed E-state index contributed by atoms with van der Waals surface area (Å²) in [4.78, 5) is 28.8. The third-order valence-corrected chi connectivity index (χ3v) is 10.0. The summed E-state index contributed by atoms with van der Waals surface area (Å²) in [5, 5.41) is 4.20. The summed E-state index contributed by atoms with van der Waals surface area (Å²) in [5.41, 5.74) is 0.656. The van der Waals surface area contributed by atoms with E-state index in [1.807, 2.05) is 0 Å². The number of halogens is 4. The van der Waals surface area contributed by atoms with Gasteiger partial charge in [0.05, 0.1) is 10.6 Å². The lowest BCUT2D eigenvalue weighted by Crippen LogP contribution is -2.53. The first kappa shape index (κ1) is 32.4. The molecule has 0 aliphatic heterocycles. The van der Waals surface area contributed by atoms with E-state index in [-0.39, 0.29) is 39.1 Å². The Hall–Kier alpha value is -2.49. The molecule has 1 aliphatic carbocycles. The fourth-order valence-corrected chi connectivity index (χ4v) is 7.32. The van der Waals surface area contributed by atoms with Gasteiger partial charge in [0.15, 0.2) is 0 Å². The number of rotatable bonds is 10. The second kappa shape index (κ2) is 14.3. The summed E-state index contributed by atoms with van der Waals surface area (Å²) in [6.45, 7) is 0.940. The highest BCUT2D eigenvalue weighted by Gasteiger charge is 2.33. The van der Waals surface area contributed by atoms with Crippen LogP contribution in [0, 0.1) is 0 Å². The molecule has 1 N–H and O–H groups in total. The largest absolute Gasteiger partial charge is 0.352 e. The molecule has 0 bridgehead atoms. The van der Waals surface area contributed by atoms with Crippen LogP contribution in [-0.4, -0.2) is 43.8 Å². The maximum atomic E-state index is 14.1. The summed E-state index contributed by atoms with van der Waals surface area (Å²) in [7, 11) is -4.25. The molecule has 4 rings (SSSR count). The predicted molar refractivity (Wildman–Crippen MR) is 169 cm³/mol. The number of anilines is 1. The molecule has 0 saturated heterocycles. The van der Waals surface area contributed by atoms with Crippen molar-refractivity contribution < 1.29 is 18.0 Å². The average Bonchev–Trinajstić information content (AvgIpc) is 2.95. The Kier molecular flexibility index (Phi) is 11.1. The Morgan fingerprint density at radius 1 is 0.881 bits per heavy atom. The summed E-state index contributed by atoms with van der Waals surface area (Å²) in [6, 6.07) is 16.0. The maximum Gasteiger partial charge on any atom is 0.264 e. The van der Waals surface area contributed by atoms with Gasteiger partial charge in [-0.25, -0.2) is 8.42 Å². The van der Waals surface area contributed by atoms with E-state index in [1.165, 1.54) is 35.2 Å². The van der Waals surface area contributed by atoms with Crippen LogP contribution in [0.15, 0.2) is 71.6 Å². The zero-order valence-corrected chi connectivity index (χ0v) is 26.7. The molecule has 0 aromatic heterocycles. The van der Waals surface area contributed by atoms with E-state index in [2.05, 4.69) is 5.32 Å². The second-order valence-electron chi connectivity index (χ2n) is 10.2. The number of carbonyl (C=O) groups excluding carboxylic acids is 2. The first-order valence-electron chi connectivity index (χ1n) is 13.5. The molecule has 1 saturated carbocycles. The van der Waals surface area contributed by atoms with E-state index >= 15 is 0 Å². The molecular formula is C30H31Cl4N3O4S. The average molecular weight is 671 g/mol. The molecule has 0 radical (unpaired) electrons. The van der Waals surface area contributed by atoms with Gasteiger partial charge >= 0.3 is 0 Å². The van der Waals surface area contributed by atoms with Crippen molar-refractivity contribution in [2.75, 3.05) is 10.8 Å². The van der Waals surface area contributed by atoms with E-state index in [4.69, 9.17) is 46.4 Å². The Labute approximate surface area is 266 Å². The van der Waals surface area contributed by atoms with E-state index in [0.29, 0.717) is 15.6 Å². The fourth-order valence-electron chi connectivity index (χ4n) is 4.92. The summed E-state index contributed by atoms with van der Waals surface area (Å²) in [5.74, 6) is -0.952. The molecule has 2 amide bonds. The van der Waals surface area contributed by atoms with Gasteiger partial charge in [0.2, 0.25) is 11.8 Å². The summed E-state index contributed by atoms with van der Waals surface area (Å²) in [6.07, 6.45) is 4.91. The van der Waals surface area contributed by atoms with Gasteiger partial charge in [0.25, 0.3) is 10.0 Å². The van der Waals surface area contributed by atoms with Gasteiger partial charge in [-0.2, -0.15) is 0 Å². The first-order chi connectivity index (χ1) is 20.0. The van der Waals surface area contributed by atoms with Crippen LogP contribution >= 0.6 is 46.4 Å². The van der Waals surface area contributed by atoms with Gasteiger partial charge < -0.3 is 10.2 Å². The van der Waals surface area contributed by atoms with E-state index in [1.54, 1.807) is 43.3 Å². The maximum absolute atomic E-state index is 14.1. The summed E-state index contributed by atoms with van der Waals surface area (Å²) < 4.78 is 28.7. The van der Waals surface area contributed by atoms with Gasteiger partial charge in [-0.05, 0) is 67.8 Å². The first-order valence-corrected chi connectivity index (χ1v) is 16.5. The lowest BCUT2D eigenvalue weighted by Gasteiger charge is -2.33. The SMILES string of the molecule is C[C@@H](C(=O)NC1CCCCC1)N(Cc1ccc(Cl)cc1Cl)C(=O)CN(c1cc(Cl)cc(Cl)c1)S(=O)(=O)c1ccccc1. The molecule has 7 nitrogen and oxygen atoms in total. The highest BCUT2D eigenvalue weighted by Crippen LogP contribution is 2.31. The number of amides is 2. The van der Waals surface area contributed by atoms with Crippen LogP contribution in [0.1, 0.15) is 44.6 Å². The minimum Gasteiger partial charge on any atom is -0.352 e. The van der Waals surface area contributed by atoms with E-state index in [9.17, 15) is 18.0 Å². The molecule has 0 heterocycles. The lowest BCUT2D eigenvalue weighted by molar-refractivity contribution is -0.139. The topological polar surface area (TPSA) is 86.8 Å². The number of nitrogens with one attached hydrogen (secondary N) is 1. The molecule has 1 atom stereocenters. The number of nitrogens with zero attached hydrogens (tertiary/aromatic N) is 2. The monoisotopic (exact) mass is 669 g/mol. The molecule has 0 unspecified atom stereocenters. The number of hydrogen-bond acceptors (Lipinski definition) is 4. The minimum atomic E-state index is -4.25. The molecule has 1 fully saturated rings. The van der Waals surface area contributed by atoms with Crippen molar-refractivity contribution in [2.24, 2.45) is 0 Å². The molecule has 0 spiro atoms. The van der Waals surface area contributed by atoms with Gasteiger partial charge in [0, 0.05) is 32.7 Å². The van der Waals surface area contributed by atoms with Crippen LogP contribution in [0.2, 0.25) is 20.1 Å². The molecular weight excluding hydrogens is 640 g/mol. The molecule has 3 aromatic carbocycles. The molecule has 224 valence electrons. The Morgan fingerprint density at radius 3 is 2.14 bits per heavy atom. The highest BCUT2D eigenvalue weighted by atomic mass is 35.5. The third kappa shape index (κ3) is 8.11. The van der Waals surface area contributed by atoms with Gasteiger partial charge in [-0.15, -0.1) is 0 Å². The van der Waals surface area contributed by atoms with Crippen molar-refractivity contribution in [3.63, 3.8) is 0 Å². The van der Waals surface area contributed by atoms with Crippen molar-refractivity contribution in [3.05, 3.63) is 92.4 Å². The van der Waals surface area contributed by atoms with Gasteiger partial charge in [-0.3, -0.25) is 13.9 Å². The Bertz CT molecular complexity index is 1510. The van der Waals surface area contributed by atoms with Crippen molar-refractivity contribution in [2.45, 2.75) is 62.6 Å². The summed E-state index contributed by atoms with van der Waals surface area (Å²) >= 11 is 25.0. The predicted octanol–water partition coefficient (Wildman–Crippen LogP) is 7.36. The van der Waals surface area contributed by atoms with Crippen molar-refractivity contribution in [1.29, 1.82) is 0 Å². The van der Waals surface area contributed by atoms with Crippen LogP contribution in [-0.2, 0) is 26.2 Å². The molecule has 1 aliphatic rings. The van der Waals surface area contributed by atoms with Crippen LogP contribution in [0.25, 0.3) is 0 Å². The lowest BCUT2D eigenvalue weighted by atomic mass is 9.95. The molecule has 42 heavy (non-hydrogen) atoms. The zero-order chi connectivity index (χ0) is 30.4. The number of sulfonamides is 1. The van der Waals surface area contributed by atoms with Gasteiger partial charge in [-0.1, -0.05) is 89.9 Å². The van der Waals surface area contributed by atoms with Crippen LogP contribution in [0.3, 0.4) is 0 Å². The Morgan fingerprint density at radius 2 is 1.52 bits per heavy atom. The smallest absolute Gasteiger partial charge is 0.264 e. The van der Waals surface area contributed by atoms with Crippen molar-refractivity contribution in [1.82, 2.24) is 10.2 Å². The van der Waals surface area contributed by atoms with Crippen LogP contribution in [0.5, 0.6) is 0 Å². The second-order valence-corrected chi connectivity index (χ2v) is 13.8. The Balaban J connectivity index is 1.71. The zero-order valence-electron chi connectivity index (χ0n) is 22.9. The number of hydrogen-bond donors (Lipinski definition) is 1. The fraction of sp³-hybridized carbons (Fsp3) is 0.333. The van der Waals surface area contributed by atoms with E-state index in [0.717, 1.165) is 36.4 Å². The highest BCUT2D eigenvalue weighted by molar-refractivity contribution is 7.92. The van der Waals surface area contributed by atoms with Gasteiger partial charge in [0.1, 0.15) is 12.6 Å². The molecule has 12 heteroatoms. The minimum absolute atomic E-state index is 0.0216. The van der Waals surface area contributed by atoms with Crippen LogP contribution < -0.4 is 9.62 Å². The number of carbonyl (C=O) groups is 2. The van der Waals surface area contributed by atoms with Crippen molar-refractivity contribution in [3.8, 4) is 0 Å². The number of benzene rings is 3. The third-order valence-electron chi connectivity index (χ3n) is 7.22. The van der Waals surface area contributed by atoms with Crippen molar-refractivity contribution >= 4 is 73.9 Å². The van der Waals surface area contributed by atoms with Crippen LogP contribution in [0.4, 0.5) is 5.69 Å². The van der Waals surface area contributed by atoms with E-state index < -0.39 is 28.5 Å². The standard InChI is InChI=1S/C30H31Cl4N3O4S/c1-20(30(39)35-25-8-4-2-5-9-25)36(18-21-12-13-22(31)17-28(21)34)29(38)19-37(26-15-23(32)14-24(33)16-26)42(40,41)27-10-6-3-7-11-27/h3,6-7,10-17,20,25H,2,4-5,8-9,18-19H2,1H3,(H,35,39)/t20-/m0/s1. The quantitative estimate of drug-likeness (QED) is 0.244.